The molecule has 5 nitrogen and oxygen atoms in total. The largest absolute Gasteiger partial charge is 0.493 e. The Morgan fingerprint density at radius 2 is 1.48 bits per heavy atom. The van der Waals surface area contributed by atoms with E-state index in [0.717, 1.165) is 23.5 Å². The maximum absolute atomic E-state index is 10.7. The summed E-state index contributed by atoms with van der Waals surface area (Å²) in [4.78, 5) is 10.7. The van der Waals surface area contributed by atoms with Crippen molar-refractivity contribution in [2.75, 3.05) is 19.8 Å². The predicted molar refractivity (Wildman–Crippen MR) is 93.0 cm³/mol. The van der Waals surface area contributed by atoms with Gasteiger partial charge in [-0.15, -0.1) is 0 Å². The number of hydrogen-bond acceptors (Lipinski definition) is 4. The molecule has 0 aromatic heterocycles. The first-order valence-electron chi connectivity index (χ1n) is 8.42. The minimum Gasteiger partial charge on any atom is -0.493 e. The van der Waals surface area contributed by atoms with Gasteiger partial charge in [-0.05, 0) is 36.1 Å². The molecule has 0 radical (unpaired) electrons. The van der Waals surface area contributed by atoms with Crippen LogP contribution in [0.1, 0.15) is 11.1 Å². The van der Waals surface area contributed by atoms with Gasteiger partial charge in [-0.1, -0.05) is 36.4 Å². The number of benzene rings is 2. The van der Waals surface area contributed by atoms with Crippen LogP contribution in [0.3, 0.4) is 0 Å². The lowest BCUT2D eigenvalue weighted by molar-refractivity contribution is -0.143. The Morgan fingerprint density at radius 1 is 0.920 bits per heavy atom. The average Bonchev–Trinajstić information content (AvgIpc) is 2.67. The van der Waals surface area contributed by atoms with Crippen molar-refractivity contribution in [2.45, 2.75) is 12.8 Å². The second-order valence-corrected chi connectivity index (χ2v) is 6.33. The zero-order valence-corrected chi connectivity index (χ0v) is 13.9. The number of rotatable bonds is 2. The molecule has 0 saturated heterocycles. The Bertz CT molecular complexity index is 728. The SMILES string of the molecule is O=C(O)C1COc2ccccc2C1.OCC1COc2ccccc2C1. The van der Waals surface area contributed by atoms with Crippen LogP contribution in [0, 0.1) is 11.8 Å². The Hall–Kier alpha value is -2.53. The van der Waals surface area contributed by atoms with Crippen molar-refractivity contribution in [1.82, 2.24) is 0 Å². The van der Waals surface area contributed by atoms with Crippen LogP contribution < -0.4 is 9.47 Å². The summed E-state index contributed by atoms with van der Waals surface area (Å²) in [5.41, 5.74) is 2.20. The molecule has 0 spiro atoms. The molecule has 5 heteroatoms. The number of carbonyl (C=O) groups is 1. The number of hydrogen-bond donors (Lipinski definition) is 2. The first-order chi connectivity index (χ1) is 12.2. The minimum atomic E-state index is -0.783. The predicted octanol–water partition coefficient (Wildman–Crippen LogP) is 2.55. The molecule has 0 aliphatic carbocycles. The molecule has 2 aliphatic heterocycles. The van der Waals surface area contributed by atoms with Crippen molar-refractivity contribution in [1.29, 1.82) is 0 Å². The first kappa shape index (κ1) is 17.3. The number of carboxylic acids is 1. The van der Waals surface area contributed by atoms with E-state index in [1.165, 1.54) is 5.56 Å². The van der Waals surface area contributed by atoms with E-state index < -0.39 is 11.9 Å². The maximum atomic E-state index is 10.7. The van der Waals surface area contributed by atoms with Crippen molar-refractivity contribution in [3.63, 3.8) is 0 Å². The van der Waals surface area contributed by atoms with Crippen LogP contribution in [-0.4, -0.2) is 36.0 Å². The fourth-order valence-corrected chi connectivity index (χ4v) is 2.99. The van der Waals surface area contributed by atoms with Crippen molar-refractivity contribution in [3.8, 4) is 11.5 Å². The van der Waals surface area contributed by atoms with E-state index in [1.807, 2.05) is 42.5 Å². The van der Waals surface area contributed by atoms with Gasteiger partial charge in [-0.3, -0.25) is 4.79 Å². The zero-order valence-electron chi connectivity index (χ0n) is 13.9. The van der Waals surface area contributed by atoms with Gasteiger partial charge in [-0.2, -0.15) is 0 Å². The van der Waals surface area contributed by atoms with Crippen LogP contribution >= 0.6 is 0 Å². The smallest absolute Gasteiger partial charge is 0.310 e. The molecule has 2 unspecified atom stereocenters. The van der Waals surface area contributed by atoms with Crippen molar-refractivity contribution in [2.24, 2.45) is 11.8 Å². The molecule has 0 saturated carbocycles. The molecule has 0 fully saturated rings. The van der Waals surface area contributed by atoms with Gasteiger partial charge >= 0.3 is 5.97 Å². The van der Waals surface area contributed by atoms with Gasteiger partial charge in [0.05, 0.1) is 12.5 Å². The Balaban J connectivity index is 0.000000146. The van der Waals surface area contributed by atoms with Crippen molar-refractivity contribution in [3.05, 3.63) is 59.7 Å². The monoisotopic (exact) mass is 342 g/mol. The van der Waals surface area contributed by atoms with Gasteiger partial charge in [-0.25, -0.2) is 0 Å². The van der Waals surface area contributed by atoms with Gasteiger partial charge in [0.1, 0.15) is 18.1 Å². The van der Waals surface area contributed by atoms with Crippen LogP contribution in [0.2, 0.25) is 0 Å². The molecule has 2 aliphatic rings. The molecule has 2 N–H and O–H groups in total. The van der Waals surface area contributed by atoms with Crippen LogP contribution in [0.25, 0.3) is 0 Å². The average molecular weight is 342 g/mol. The number of fused-ring (bicyclic) bond motifs is 2. The third kappa shape index (κ3) is 4.31. The molecule has 2 aromatic carbocycles. The lowest BCUT2D eigenvalue weighted by Gasteiger charge is -2.23. The van der Waals surface area contributed by atoms with E-state index in [9.17, 15) is 4.79 Å². The van der Waals surface area contributed by atoms with E-state index in [-0.39, 0.29) is 19.1 Å². The normalized spacial score (nSPS) is 20.7. The highest BCUT2D eigenvalue weighted by atomic mass is 16.5. The number of ether oxygens (including phenoxy) is 2. The number of aliphatic carboxylic acids is 1. The molecule has 2 heterocycles. The summed E-state index contributed by atoms with van der Waals surface area (Å²) in [5, 5.41) is 17.7. The standard InChI is InChI=1S/C10H10O3.C10H12O2/c11-10(12)8-5-7-3-1-2-4-9(7)13-6-8;11-6-8-5-9-3-1-2-4-10(9)12-7-8/h1-4,8H,5-6H2,(H,11,12);1-4,8,11H,5-7H2. The van der Waals surface area contributed by atoms with E-state index >= 15 is 0 Å². The second kappa shape index (κ2) is 8.03. The maximum Gasteiger partial charge on any atom is 0.310 e. The minimum absolute atomic E-state index is 0.217. The molecule has 0 bridgehead atoms. The number of aliphatic hydroxyl groups is 1. The number of para-hydroxylation sites is 2. The third-order valence-electron chi connectivity index (χ3n) is 4.44. The van der Waals surface area contributed by atoms with Gasteiger partial charge in [0.15, 0.2) is 0 Å². The fourth-order valence-electron chi connectivity index (χ4n) is 2.99. The van der Waals surface area contributed by atoms with Crippen LogP contribution in [-0.2, 0) is 17.6 Å². The topological polar surface area (TPSA) is 76.0 Å². The molecular weight excluding hydrogens is 320 g/mol. The summed E-state index contributed by atoms with van der Waals surface area (Å²) < 4.78 is 10.8. The van der Waals surface area contributed by atoms with E-state index in [1.54, 1.807) is 0 Å². The number of carboxylic acid groups (broad SMARTS) is 1. The van der Waals surface area contributed by atoms with Crippen LogP contribution in [0.4, 0.5) is 0 Å². The quantitative estimate of drug-likeness (QED) is 0.877. The first-order valence-corrected chi connectivity index (χ1v) is 8.42. The highest BCUT2D eigenvalue weighted by Crippen LogP contribution is 2.27. The molecule has 2 aromatic rings. The van der Waals surface area contributed by atoms with E-state index in [0.29, 0.717) is 13.0 Å². The summed E-state index contributed by atoms with van der Waals surface area (Å²) in [7, 11) is 0. The van der Waals surface area contributed by atoms with Crippen molar-refractivity contribution < 1.29 is 24.5 Å². The van der Waals surface area contributed by atoms with E-state index in [2.05, 4.69) is 6.07 Å². The lowest BCUT2D eigenvalue weighted by Crippen LogP contribution is -2.27. The van der Waals surface area contributed by atoms with Gasteiger partial charge in [0.25, 0.3) is 0 Å². The summed E-state index contributed by atoms with van der Waals surface area (Å²) >= 11 is 0. The highest BCUT2D eigenvalue weighted by molar-refractivity contribution is 5.71. The second-order valence-electron chi connectivity index (χ2n) is 6.33. The number of aliphatic hydroxyl groups excluding tert-OH is 1. The van der Waals surface area contributed by atoms with Crippen LogP contribution in [0.15, 0.2) is 48.5 Å². The van der Waals surface area contributed by atoms with Crippen LogP contribution in [0.5, 0.6) is 11.5 Å². The highest BCUT2D eigenvalue weighted by Gasteiger charge is 2.24. The summed E-state index contributed by atoms with van der Waals surface area (Å²) in [5.74, 6) is 0.895. The Labute approximate surface area is 146 Å². The van der Waals surface area contributed by atoms with Gasteiger partial charge in [0, 0.05) is 12.5 Å². The summed E-state index contributed by atoms with van der Waals surface area (Å²) in [6.45, 7) is 1.15. The summed E-state index contributed by atoms with van der Waals surface area (Å²) in [6.07, 6.45) is 1.51. The zero-order chi connectivity index (χ0) is 17.6. The molecule has 2 atom stereocenters. The van der Waals surface area contributed by atoms with E-state index in [4.69, 9.17) is 19.7 Å². The molecular formula is C20H22O5. The van der Waals surface area contributed by atoms with Gasteiger partial charge < -0.3 is 19.7 Å². The third-order valence-corrected chi connectivity index (χ3v) is 4.44. The molecule has 132 valence electrons. The molecule has 0 amide bonds. The fraction of sp³-hybridized carbons (Fsp3) is 0.350. The van der Waals surface area contributed by atoms with Crippen molar-refractivity contribution >= 4 is 5.97 Å². The molecule has 25 heavy (non-hydrogen) atoms. The Morgan fingerprint density at radius 3 is 2.08 bits per heavy atom. The molecule has 4 rings (SSSR count). The lowest BCUT2D eigenvalue weighted by atomic mass is 9.97. The summed E-state index contributed by atoms with van der Waals surface area (Å²) in [6, 6.07) is 15.6. The Kier molecular flexibility index (Phi) is 5.56. The van der Waals surface area contributed by atoms with Gasteiger partial charge in [0.2, 0.25) is 0 Å².